The maximum atomic E-state index is 5.70. The molecule has 0 spiro atoms. The molecule has 3 nitrogen and oxygen atoms in total. The minimum atomic E-state index is 0.424. The number of hydrogen-bond donors (Lipinski definition) is 0. The normalized spacial score (nSPS) is 31.6. The molecule has 4 atom stereocenters. The molecule has 2 bridgehead atoms. The third-order valence-electron chi connectivity index (χ3n) is 5.75. The Bertz CT molecular complexity index is 660. The van der Waals surface area contributed by atoms with Gasteiger partial charge < -0.3 is 4.52 Å². The van der Waals surface area contributed by atoms with Crippen LogP contribution in [0, 0.1) is 13.8 Å². The Morgan fingerprint density at radius 1 is 1.14 bits per heavy atom. The van der Waals surface area contributed by atoms with E-state index in [1.54, 1.807) is 0 Å². The topological polar surface area (TPSA) is 29.3 Å². The number of aromatic nitrogens is 1. The predicted octanol–water partition coefficient (Wildman–Crippen LogP) is 4.03. The third kappa shape index (κ3) is 2.19. The zero-order valence-electron chi connectivity index (χ0n) is 13.6. The van der Waals surface area contributed by atoms with Crippen molar-refractivity contribution in [3.63, 3.8) is 0 Å². The van der Waals surface area contributed by atoms with Crippen LogP contribution in [0.1, 0.15) is 53.7 Å². The summed E-state index contributed by atoms with van der Waals surface area (Å²) in [6.07, 6.45) is 3.81. The van der Waals surface area contributed by atoms with E-state index in [0.29, 0.717) is 17.9 Å². The summed E-state index contributed by atoms with van der Waals surface area (Å²) >= 11 is 0. The second-order valence-corrected chi connectivity index (χ2v) is 7.11. The van der Waals surface area contributed by atoms with Gasteiger partial charge in [-0.25, -0.2) is 0 Å². The van der Waals surface area contributed by atoms with Gasteiger partial charge in [-0.3, -0.25) is 4.90 Å². The van der Waals surface area contributed by atoms with Gasteiger partial charge in [0.25, 0.3) is 0 Å². The van der Waals surface area contributed by atoms with Crippen LogP contribution in [0.25, 0.3) is 0 Å². The Labute approximate surface area is 132 Å². The van der Waals surface area contributed by atoms with Crippen molar-refractivity contribution in [2.24, 2.45) is 0 Å². The quantitative estimate of drug-likeness (QED) is 0.838. The average Bonchev–Trinajstić information content (AvgIpc) is 3.02. The molecule has 0 N–H and O–H groups in total. The summed E-state index contributed by atoms with van der Waals surface area (Å²) < 4.78 is 5.70. The molecule has 2 aliphatic heterocycles. The van der Waals surface area contributed by atoms with E-state index in [1.165, 1.54) is 30.4 Å². The zero-order valence-corrected chi connectivity index (χ0v) is 13.6. The number of benzene rings is 1. The Morgan fingerprint density at radius 2 is 1.91 bits per heavy atom. The molecule has 2 saturated heterocycles. The van der Waals surface area contributed by atoms with Gasteiger partial charge in [-0.15, -0.1) is 0 Å². The molecule has 0 amide bonds. The molecule has 2 unspecified atom stereocenters. The van der Waals surface area contributed by atoms with Crippen LogP contribution in [0.4, 0.5) is 0 Å². The van der Waals surface area contributed by atoms with E-state index in [0.717, 1.165) is 17.5 Å². The molecule has 0 saturated carbocycles. The molecule has 2 aliphatic rings. The molecule has 2 fully saturated rings. The summed E-state index contributed by atoms with van der Waals surface area (Å²) in [5, 5.41) is 4.15. The maximum Gasteiger partial charge on any atom is 0.142 e. The number of piperidine rings is 1. The summed E-state index contributed by atoms with van der Waals surface area (Å²) in [5.74, 6) is 2.04. The lowest BCUT2D eigenvalue weighted by molar-refractivity contribution is 0.122. The van der Waals surface area contributed by atoms with E-state index in [1.807, 2.05) is 6.92 Å². The fourth-order valence-corrected chi connectivity index (χ4v) is 4.55. The Balaban J connectivity index is 1.76. The van der Waals surface area contributed by atoms with E-state index < -0.39 is 0 Å². The predicted molar refractivity (Wildman–Crippen MR) is 87.1 cm³/mol. The van der Waals surface area contributed by atoms with Crippen molar-refractivity contribution in [1.82, 2.24) is 10.1 Å². The number of nitrogens with zero attached hydrogens (tertiary/aromatic N) is 2. The van der Waals surface area contributed by atoms with Crippen LogP contribution in [-0.2, 0) is 0 Å². The smallest absolute Gasteiger partial charge is 0.142 e. The molecule has 1 aromatic heterocycles. The van der Waals surface area contributed by atoms with Crippen LogP contribution in [0.2, 0.25) is 0 Å². The second-order valence-electron chi connectivity index (χ2n) is 7.11. The number of likely N-dealkylation sites (N-methyl/N-ethyl adjacent to an activating group) is 1. The monoisotopic (exact) mass is 296 g/mol. The molecule has 116 valence electrons. The average molecular weight is 296 g/mol. The van der Waals surface area contributed by atoms with Crippen molar-refractivity contribution in [2.45, 2.75) is 57.0 Å². The van der Waals surface area contributed by atoms with Crippen LogP contribution < -0.4 is 0 Å². The zero-order chi connectivity index (χ0) is 15.3. The van der Waals surface area contributed by atoms with E-state index in [-0.39, 0.29) is 0 Å². The summed E-state index contributed by atoms with van der Waals surface area (Å²) in [7, 11) is 2.28. The van der Waals surface area contributed by atoms with Crippen molar-refractivity contribution >= 4 is 0 Å². The SMILES string of the molecule is Cc1ccc([C@H]2CC3CCC([C@H]2c2cc(C)no2)N3C)cc1. The van der Waals surface area contributed by atoms with E-state index in [9.17, 15) is 0 Å². The molecule has 1 aromatic carbocycles. The van der Waals surface area contributed by atoms with Crippen LogP contribution >= 0.6 is 0 Å². The fourth-order valence-electron chi connectivity index (χ4n) is 4.55. The van der Waals surface area contributed by atoms with Gasteiger partial charge in [-0.1, -0.05) is 35.0 Å². The molecule has 22 heavy (non-hydrogen) atoms. The lowest BCUT2D eigenvalue weighted by Gasteiger charge is -2.42. The second kappa shape index (κ2) is 5.24. The van der Waals surface area contributed by atoms with Crippen LogP contribution in [-0.4, -0.2) is 29.2 Å². The number of hydrogen-bond acceptors (Lipinski definition) is 3. The highest BCUT2D eigenvalue weighted by atomic mass is 16.5. The number of aryl methyl sites for hydroxylation is 2. The van der Waals surface area contributed by atoms with E-state index in [4.69, 9.17) is 4.52 Å². The molecular weight excluding hydrogens is 272 g/mol. The largest absolute Gasteiger partial charge is 0.361 e. The molecule has 3 heteroatoms. The fraction of sp³-hybridized carbons (Fsp3) is 0.526. The van der Waals surface area contributed by atoms with Gasteiger partial charge in [-0.2, -0.15) is 0 Å². The van der Waals surface area contributed by atoms with Crippen molar-refractivity contribution in [1.29, 1.82) is 0 Å². The molecular formula is C19H24N2O. The molecule has 3 heterocycles. The van der Waals surface area contributed by atoms with E-state index >= 15 is 0 Å². The molecule has 0 aliphatic carbocycles. The Morgan fingerprint density at radius 3 is 2.59 bits per heavy atom. The van der Waals surface area contributed by atoms with Crippen LogP contribution in [0.5, 0.6) is 0 Å². The van der Waals surface area contributed by atoms with Crippen molar-refractivity contribution in [3.05, 3.63) is 52.9 Å². The Hall–Kier alpha value is -1.61. The van der Waals surface area contributed by atoms with Crippen molar-refractivity contribution in [3.8, 4) is 0 Å². The standard InChI is InChI=1S/C19H24N2O/c1-12-4-6-14(7-5-12)16-11-15-8-9-17(21(15)3)19(16)18-10-13(2)20-22-18/h4-7,10,15-17,19H,8-9,11H2,1-3H3/t15?,16-,17?,19+/m1/s1. The summed E-state index contributed by atoms with van der Waals surface area (Å²) in [5.41, 5.74) is 3.77. The number of fused-ring (bicyclic) bond motifs is 2. The minimum Gasteiger partial charge on any atom is -0.361 e. The first-order chi connectivity index (χ1) is 10.6. The van der Waals surface area contributed by atoms with Gasteiger partial charge in [0.15, 0.2) is 0 Å². The maximum absolute atomic E-state index is 5.70. The van der Waals surface area contributed by atoms with Gasteiger partial charge >= 0.3 is 0 Å². The molecule has 0 radical (unpaired) electrons. The van der Waals surface area contributed by atoms with Crippen LogP contribution in [0.3, 0.4) is 0 Å². The van der Waals surface area contributed by atoms with Gasteiger partial charge in [0.2, 0.25) is 0 Å². The first-order valence-corrected chi connectivity index (χ1v) is 8.35. The highest BCUT2D eigenvalue weighted by Crippen LogP contribution is 2.50. The van der Waals surface area contributed by atoms with Crippen molar-refractivity contribution in [2.75, 3.05) is 7.05 Å². The highest BCUT2D eigenvalue weighted by Gasteiger charge is 2.47. The molecule has 2 aromatic rings. The lowest BCUT2D eigenvalue weighted by atomic mass is 9.75. The van der Waals surface area contributed by atoms with E-state index in [2.05, 4.69) is 54.4 Å². The number of rotatable bonds is 2. The summed E-state index contributed by atoms with van der Waals surface area (Å²) in [6.45, 7) is 4.16. The third-order valence-corrected chi connectivity index (χ3v) is 5.75. The first kappa shape index (κ1) is 14.0. The highest BCUT2D eigenvalue weighted by molar-refractivity contribution is 5.31. The van der Waals surface area contributed by atoms with Gasteiger partial charge in [0.1, 0.15) is 5.76 Å². The summed E-state index contributed by atoms with van der Waals surface area (Å²) in [4.78, 5) is 2.58. The van der Waals surface area contributed by atoms with Crippen molar-refractivity contribution < 1.29 is 4.52 Å². The van der Waals surface area contributed by atoms with Crippen LogP contribution in [0.15, 0.2) is 34.9 Å². The summed E-state index contributed by atoms with van der Waals surface area (Å²) in [6, 6.07) is 12.5. The van der Waals surface area contributed by atoms with Gasteiger partial charge in [0, 0.05) is 24.1 Å². The van der Waals surface area contributed by atoms with Gasteiger partial charge in [-0.05, 0) is 51.6 Å². The Kier molecular flexibility index (Phi) is 3.33. The first-order valence-electron chi connectivity index (χ1n) is 8.35. The molecule has 4 rings (SSSR count). The minimum absolute atomic E-state index is 0.424. The van der Waals surface area contributed by atoms with Gasteiger partial charge in [0.05, 0.1) is 5.69 Å². The lowest BCUT2D eigenvalue weighted by Crippen LogP contribution is -2.44.